The molecule has 0 saturated carbocycles. The molecule has 7 heteroatoms. The molecule has 0 aliphatic heterocycles. The summed E-state index contributed by atoms with van der Waals surface area (Å²) in [6.45, 7) is 3.40. The topological polar surface area (TPSA) is 87.0 Å². The zero-order valence-electron chi connectivity index (χ0n) is 10.6. The lowest BCUT2D eigenvalue weighted by molar-refractivity contribution is -0.384. The van der Waals surface area contributed by atoms with Crippen LogP contribution in [-0.4, -0.2) is 14.7 Å². The third kappa shape index (κ3) is 2.40. The minimum absolute atomic E-state index is 0.0635. The van der Waals surface area contributed by atoms with Crippen LogP contribution in [0.2, 0.25) is 0 Å². The Kier molecular flexibility index (Phi) is 3.20. The van der Waals surface area contributed by atoms with E-state index in [2.05, 4.69) is 5.10 Å². The first-order chi connectivity index (χ1) is 8.90. The van der Waals surface area contributed by atoms with Gasteiger partial charge >= 0.3 is 5.69 Å². The Morgan fingerprint density at radius 1 is 1.47 bits per heavy atom. The van der Waals surface area contributed by atoms with Gasteiger partial charge < -0.3 is 5.73 Å². The van der Waals surface area contributed by atoms with Crippen LogP contribution >= 0.6 is 0 Å². The molecule has 2 aromatic rings. The van der Waals surface area contributed by atoms with E-state index in [-0.39, 0.29) is 29.6 Å². The molecule has 0 amide bonds. The Hall–Kier alpha value is -2.44. The van der Waals surface area contributed by atoms with Crippen molar-refractivity contribution in [1.29, 1.82) is 0 Å². The van der Waals surface area contributed by atoms with Gasteiger partial charge in [-0.05, 0) is 19.9 Å². The number of nitrogens with two attached hydrogens (primary N) is 1. The summed E-state index contributed by atoms with van der Waals surface area (Å²) in [5.41, 5.74) is 6.96. The first kappa shape index (κ1) is 13.0. The quantitative estimate of drug-likeness (QED) is 0.679. The molecule has 0 spiro atoms. The highest BCUT2D eigenvalue weighted by atomic mass is 19.1. The van der Waals surface area contributed by atoms with Gasteiger partial charge in [0.05, 0.1) is 11.5 Å². The van der Waals surface area contributed by atoms with Crippen LogP contribution in [0, 0.1) is 29.8 Å². The standard InChI is InChI=1S/C12H13FN4O2/c1-7-3-4-10(13)9(5-7)6-16-12(14)11(17(18)19)8(2)15-16/h3-5H,6,14H2,1-2H3. The lowest BCUT2D eigenvalue weighted by Gasteiger charge is -2.06. The number of benzene rings is 1. The largest absolute Gasteiger partial charge is 0.378 e. The molecule has 0 unspecified atom stereocenters. The van der Waals surface area contributed by atoms with E-state index in [1.807, 2.05) is 6.92 Å². The molecular formula is C12H13FN4O2. The molecule has 0 aliphatic carbocycles. The van der Waals surface area contributed by atoms with Crippen LogP contribution in [0.4, 0.5) is 15.9 Å². The fourth-order valence-corrected chi connectivity index (χ4v) is 1.92. The summed E-state index contributed by atoms with van der Waals surface area (Å²) in [6, 6.07) is 4.67. The predicted octanol–water partition coefficient (Wildman–Crippen LogP) is 2.18. The Bertz CT molecular complexity index is 651. The van der Waals surface area contributed by atoms with E-state index in [1.54, 1.807) is 12.1 Å². The Balaban J connectivity index is 2.42. The number of aromatic nitrogens is 2. The van der Waals surface area contributed by atoms with Crippen molar-refractivity contribution in [3.8, 4) is 0 Å². The molecule has 1 heterocycles. The normalized spacial score (nSPS) is 10.7. The Labute approximate surface area is 108 Å². The molecule has 1 aromatic heterocycles. The second-order valence-electron chi connectivity index (χ2n) is 4.33. The van der Waals surface area contributed by atoms with Crippen LogP contribution in [0.3, 0.4) is 0 Å². The summed E-state index contributed by atoms with van der Waals surface area (Å²) in [5, 5.41) is 14.8. The van der Waals surface area contributed by atoms with Crippen molar-refractivity contribution in [1.82, 2.24) is 9.78 Å². The third-order valence-electron chi connectivity index (χ3n) is 2.84. The summed E-state index contributed by atoms with van der Waals surface area (Å²) >= 11 is 0. The summed E-state index contributed by atoms with van der Waals surface area (Å²) in [5.74, 6) is -0.454. The molecule has 0 fully saturated rings. The smallest absolute Gasteiger partial charge is 0.333 e. The van der Waals surface area contributed by atoms with Crippen molar-refractivity contribution in [2.24, 2.45) is 0 Å². The average Bonchev–Trinajstić information content (AvgIpc) is 2.59. The molecule has 6 nitrogen and oxygen atoms in total. The van der Waals surface area contributed by atoms with E-state index in [0.29, 0.717) is 5.56 Å². The van der Waals surface area contributed by atoms with Gasteiger partial charge in [0.25, 0.3) is 0 Å². The SMILES string of the molecule is Cc1ccc(F)c(Cn2nc(C)c([N+](=O)[O-])c2N)c1. The fourth-order valence-electron chi connectivity index (χ4n) is 1.92. The van der Waals surface area contributed by atoms with E-state index in [1.165, 1.54) is 17.7 Å². The third-order valence-corrected chi connectivity index (χ3v) is 2.84. The lowest BCUT2D eigenvalue weighted by atomic mass is 10.1. The fraction of sp³-hybridized carbons (Fsp3) is 0.250. The van der Waals surface area contributed by atoms with E-state index in [9.17, 15) is 14.5 Å². The summed E-state index contributed by atoms with van der Waals surface area (Å²) in [6.07, 6.45) is 0. The first-order valence-corrected chi connectivity index (χ1v) is 5.62. The zero-order valence-corrected chi connectivity index (χ0v) is 10.6. The average molecular weight is 264 g/mol. The molecule has 0 bridgehead atoms. The second kappa shape index (κ2) is 4.68. The Morgan fingerprint density at radius 2 is 2.16 bits per heavy atom. The minimum Gasteiger partial charge on any atom is -0.378 e. The lowest BCUT2D eigenvalue weighted by Crippen LogP contribution is -2.08. The first-order valence-electron chi connectivity index (χ1n) is 5.62. The number of nitrogen functional groups attached to an aromatic ring is 1. The van der Waals surface area contributed by atoms with Gasteiger partial charge in [0.2, 0.25) is 5.82 Å². The molecule has 0 aliphatic rings. The van der Waals surface area contributed by atoms with Gasteiger partial charge in [-0.1, -0.05) is 17.7 Å². The van der Waals surface area contributed by atoms with Gasteiger partial charge in [-0.2, -0.15) is 5.10 Å². The van der Waals surface area contributed by atoms with E-state index in [0.717, 1.165) is 5.56 Å². The second-order valence-corrected chi connectivity index (χ2v) is 4.33. The highest BCUT2D eigenvalue weighted by molar-refractivity contribution is 5.56. The number of anilines is 1. The zero-order chi connectivity index (χ0) is 14.2. The van der Waals surface area contributed by atoms with Crippen LogP contribution in [0.25, 0.3) is 0 Å². The monoisotopic (exact) mass is 264 g/mol. The molecule has 19 heavy (non-hydrogen) atoms. The Morgan fingerprint density at radius 3 is 2.74 bits per heavy atom. The van der Waals surface area contributed by atoms with Crippen molar-refractivity contribution >= 4 is 11.5 Å². The number of rotatable bonds is 3. The molecule has 2 N–H and O–H groups in total. The van der Waals surface area contributed by atoms with E-state index >= 15 is 0 Å². The highest BCUT2D eigenvalue weighted by Gasteiger charge is 2.23. The number of aryl methyl sites for hydroxylation is 2. The van der Waals surface area contributed by atoms with E-state index < -0.39 is 4.92 Å². The van der Waals surface area contributed by atoms with Crippen LogP contribution in [0.15, 0.2) is 18.2 Å². The summed E-state index contributed by atoms with van der Waals surface area (Å²) in [7, 11) is 0. The molecular weight excluding hydrogens is 251 g/mol. The number of hydrogen-bond donors (Lipinski definition) is 1. The molecule has 0 saturated heterocycles. The van der Waals surface area contributed by atoms with Crippen molar-refractivity contribution < 1.29 is 9.31 Å². The van der Waals surface area contributed by atoms with Crippen LogP contribution in [0.5, 0.6) is 0 Å². The van der Waals surface area contributed by atoms with Gasteiger partial charge in [0.1, 0.15) is 11.5 Å². The summed E-state index contributed by atoms with van der Waals surface area (Å²) < 4.78 is 14.9. The van der Waals surface area contributed by atoms with Crippen LogP contribution < -0.4 is 5.73 Å². The van der Waals surface area contributed by atoms with Crippen molar-refractivity contribution in [3.05, 3.63) is 51.0 Å². The maximum Gasteiger partial charge on any atom is 0.333 e. The van der Waals surface area contributed by atoms with Crippen molar-refractivity contribution in [3.63, 3.8) is 0 Å². The molecule has 0 atom stereocenters. The molecule has 1 aromatic carbocycles. The number of nitrogens with zero attached hydrogens (tertiary/aromatic N) is 3. The van der Waals surface area contributed by atoms with Gasteiger partial charge in [-0.15, -0.1) is 0 Å². The van der Waals surface area contributed by atoms with Gasteiger partial charge in [0, 0.05) is 5.56 Å². The van der Waals surface area contributed by atoms with Gasteiger partial charge in [-0.3, -0.25) is 10.1 Å². The maximum absolute atomic E-state index is 13.6. The molecule has 2 rings (SSSR count). The predicted molar refractivity (Wildman–Crippen MR) is 68.3 cm³/mol. The number of hydrogen-bond acceptors (Lipinski definition) is 4. The van der Waals surface area contributed by atoms with Crippen LogP contribution in [-0.2, 0) is 6.54 Å². The summed E-state index contributed by atoms with van der Waals surface area (Å²) in [4.78, 5) is 10.2. The highest BCUT2D eigenvalue weighted by Crippen LogP contribution is 2.26. The van der Waals surface area contributed by atoms with Crippen molar-refractivity contribution in [2.75, 3.05) is 5.73 Å². The van der Waals surface area contributed by atoms with Crippen LogP contribution in [0.1, 0.15) is 16.8 Å². The molecule has 100 valence electrons. The minimum atomic E-state index is -0.583. The maximum atomic E-state index is 13.6. The van der Waals surface area contributed by atoms with Gasteiger partial charge in [0.15, 0.2) is 0 Å². The van der Waals surface area contributed by atoms with Gasteiger partial charge in [-0.25, -0.2) is 9.07 Å². The molecule has 0 radical (unpaired) electrons. The number of nitro groups is 1. The van der Waals surface area contributed by atoms with Crippen molar-refractivity contribution in [2.45, 2.75) is 20.4 Å². The van der Waals surface area contributed by atoms with E-state index in [4.69, 9.17) is 5.73 Å². The number of halogens is 1.